The molecule has 4 nitrogen and oxygen atoms in total. The minimum atomic E-state index is -0.375. The van der Waals surface area contributed by atoms with E-state index in [2.05, 4.69) is 5.32 Å². The van der Waals surface area contributed by atoms with E-state index in [0.29, 0.717) is 32.1 Å². The summed E-state index contributed by atoms with van der Waals surface area (Å²) in [5.41, 5.74) is 1.13. The molecule has 0 aromatic heterocycles. The average Bonchev–Trinajstić information content (AvgIpc) is 3.15. The van der Waals surface area contributed by atoms with Crippen LogP contribution < -0.4 is 5.32 Å². The lowest BCUT2D eigenvalue weighted by Crippen LogP contribution is -2.35. The van der Waals surface area contributed by atoms with Crippen molar-refractivity contribution in [2.24, 2.45) is 5.92 Å². The second kappa shape index (κ2) is 6.58. The molecule has 1 aliphatic carbocycles. The summed E-state index contributed by atoms with van der Waals surface area (Å²) < 4.78 is 11.6. The van der Waals surface area contributed by atoms with Crippen LogP contribution in [0.3, 0.4) is 0 Å². The molecule has 1 heterocycles. The monoisotopic (exact) mass is 289 g/mol. The molecule has 1 aliphatic heterocycles. The molecule has 1 saturated carbocycles. The van der Waals surface area contributed by atoms with Gasteiger partial charge in [0, 0.05) is 25.3 Å². The Morgan fingerprint density at radius 3 is 2.76 bits per heavy atom. The molecule has 1 N–H and O–H groups in total. The molecule has 3 rings (SSSR count). The van der Waals surface area contributed by atoms with Crippen LogP contribution in [0.25, 0.3) is 0 Å². The van der Waals surface area contributed by atoms with Crippen LogP contribution in [0.15, 0.2) is 30.3 Å². The number of hydrogen-bond donors (Lipinski definition) is 1. The van der Waals surface area contributed by atoms with Crippen LogP contribution in [-0.2, 0) is 20.8 Å². The molecule has 0 radical (unpaired) electrons. The molecule has 1 saturated heterocycles. The zero-order valence-corrected chi connectivity index (χ0v) is 12.3. The lowest BCUT2D eigenvalue weighted by atomic mass is 9.96. The van der Waals surface area contributed by atoms with Gasteiger partial charge in [0.1, 0.15) is 0 Å². The lowest BCUT2D eigenvalue weighted by molar-refractivity contribution is -0.182. The van der Waals surface area contributed by atoms with Crippen molar-refractivity contribution in [3.63, 3.8) is 0 Å². The largest absolute Gasteiger partial charge is 0.352 e. The third-order valence-electron chi connectivity index (χ3n) is 4.53. The number of ether oxygens (including phenoxy) is 2. The van der Waals surface area contributed by atoms with Crippen molar-refractivity contribution in [3.05, 3.63) is 35.9 Å². The first kappa shape index (κ1) is 14.5. The van der Waals surface area contributed by atoms with Gasteiger partial charge in [0.25, 0.3) is 0 Å². The smallest absolute Gasteiger partial charge is 0.220 e. The number of carbonyl (C=O) groups excluding carboxylic acids is 1. The minimum Gasteiger partial charge on any atom is -0.352 e. The van der Waals surface area contributed by atoms with Crippen molar-refractivity contribution in [2.45, 2.75) is 44.4 Å². The summed E-state index contributed by atoms with van der Waals surface area (Å²) in [6.45, 7) is 1.98. The predicted octanol–water partition coefficient (Wildman–Crippen LogP) is 2.63. The van der Waals surface area contributed by atoms with Crippen LogP contribution in [0.1, 0.15) is 37.7 Å². The van der Waals surface area contributed by atoms with Gasteiger partial charge in [-0.2, -0.15) is 0 Å². The Kier molecular flexibility index (Phi) is 4.56. The van der Waals surface area contributed by atoms with E-state index in [1.54, 1.807) is 0 Å². The van der Waals surface area contributed by atoms with Crippen molar-refractivity contribution in [1.29, 1.82) is 0 Å². The first-order valence-corrected chi connectivity index (χ1v) is 7.87. The number of rotatable bonds is 5. The van der Waals surface area contributed by atoms with E-state index >= 15 is 0 Å². The van der Waals surface area contributed by atoms with E-state index in [9.17, 15) is 4.79 Å². The van der Waals surface area contributed by atoms with Gasteiger partial charge in [-0.1, -0.05) is 30.3 Å². The highest BCUT2D eigenvalue weighted by Gasteiger charge is 2.47. The Bertz CT molecular complexity index is 463. The standard InChI is InChI=1S/C17H23NO3/c19-16(18-13-14-5-2-1-3-6-14)9-8-15-7-4-10-17(15)20-11-12-21-17/h1-3,5-6,15H,4,7-13H2,(H,18,19). The molecule has 1 amide bonds. The van der Waals surface area contributed by atoms with E-state index in [1.165, 1.54) is 0 Å². The molecule has 21 heavy (non-hydrogen) atoms. The van der Waals surface area contributed by atoms with Crippen LogP contribution in [0.5, 0.6) is 0 Å². The molecular formula is C17H23NO3. The number of carbonyl (C=O) groups is 1. The second-order valence-corrected chi connectivity index (χ2v) is 5.90. The van der Waals surface area contributed by atoms with Gasteiger partial charge in [-0.15, -0.1) is 0 Å². The molecule has 2 aliphatic rings. The number of amides is 1. The zero-order valence-electron chi connectivity index (χ0n) is 12.3. The van der Waals surface area contributed by atoms with Crippen molar-refractivity contribution < 1.29 is 14.3 Å². The molecular weight excluding hydrogens is 266 g/mol. The maximum absolute atomic E-state index is 12.0. The Balaban J connectivity index is 1.43. The molecule has 1 atom stereocenters. The van der Waals surface area contributed by atoms with Crippen LogP contribution in [0.4, 0.5) is 0 Å². The van der Waals surface area contributed by atoms with Crippen LogP contribution >= 0.6 is 0 Å². The summed E-state index contributed by atoms with van der Waals surface area (Å²) in [6.07, 6.45) is 4.61. The first-order chi connectivity index (χ1) is 10.3. The normalized spacial score (nSPS) is 23.5. The van der Waals surface area contributed by atoms with E-state index < -0.39 is 0 Å². The molecule has 1 unspecified atom stereocenters. The summed E-state index contributed by atoms with van der Waals surface area (Å²) in [7, 11) is 0. The number of hydrogen-bond acceptors (Lipinski definition) is 3. The van der Waals surface area contributed by atoms with Gasteiger partial charge < -0.3 is 14.8 Å². The van der Waals surface area contributed by atoms with Crippen LogP contribution in [0.2, 0.25) is 0 Å². The second-order valence-electron chi connectivity index (χ2n) is 5.90. The van der Waals surface area contributed by atoms with E-state index in [-0.39, 0.29) is 11.7 Å². The fraction of sp³-hybridized carbons (Fsp3) is 0.588. The van der Waals surface area contributed by atoms with E-state index in [0.717, 1.165) is 31.2 Å². The highest BCUT2D eigenvalue weighted by molar-refractivity contribution is 5.75. The molecule has 2 fully saturated rings. The number of benzene rings is 1. The van der Waals surface area contributed by atoms with Crippen LogP contribution in [-0.4, -0.2) is 24.9 Å². The van der Waals surface area contributed by atoms with Gasteiger partial charge >= 0.3 is 0 Å². The van der Waals surface area contributed by atoms with Crippen molar-refractivity contribution in [1.82, 2.24) is 5.32 Å². The quantitative estimate of drug-likeness (QED) is 0.906. The maximum atomic E-state index is 12.0. The summed E-state index contributed by atoms with van der Waals surface area (Å²) in [5.74, 6) is 0.0982. The van der Waals surface area contributed by atoms with Crippen molar-refractivity contribution >= 4 is 5.91 Å². The van der Waals surface area contributed by atoms with E-state index in [1.807, 2.05) is 30.3 Å². The third kappa shape index (κ3) is 3.44. The Morgan fingerprint density at radius 1 is 1.24 bits per heavy atom. The number of nitrogens with one attached hydrogen (secondary N) is 1. The topological polar surface area (TPSA) is 47.6 Å². The zero-order chi connectivity index (χ0) is 14.5. The summed E-state index contributed by atoms with van der Waals surface area (Å²) in [5, 5.41) is 2.98. The van der Waals surface area contributed by atoms with Gasteiger partial charge in [0.05, 0.1) is 13.2 Å². The Morgan fingerprint density at radius 2 is 2.00 bits per heavy atom. The molecule has 4 heteroatoms. The van der Waals surface area contributed by atoms with Gasteiger partial charge in [-0.05, 0) is 24.8 Å². The van der Waals surface area contributed by atoms with Crippen molar-refractivity contribution in [2.75, 3.05) is 13.2 Å². The van der Waals surface area contributed by atoms with Gasteiger partial charge in [0.15, 0.2) is 5.79 Å². The average molecular weight is 289 g/mol. The van der Waals surface area contributed by atoms with E-state index in [4.69, 9.17) is 9.47 Å². The molecule has 114 valence electrons. The fourth-order valence-corrected chi connectivity index (χ4v) is 3.42. The summed E-state index contributed by atoms with van der Waals surface area (Å²) in [4.78, 5) is 12.0. The first-order valence-electron chi connectivity index (χ1n) is 7.87. The Hall–Kier alpha value is -1.39. The minimum absolute atomic E-state index is 0.110. The fourth-order valence-electron chi connectivity index (χ4n) is 3.42. The maximum Gasteiger partial charge on any atom is 0.220 e. The molecule has 1 aromatic carbocycles. The lowest BCUT2D eigenvalue weighted by Gasteiger charge is -2.29. The predicted molar refractivity (Wildman–Crippen MR) is 79.5 cm³/mol. The highest BCUT2D eigenvalue weighted by atomic mass is 16.7. The Labute approximate surface area is 125 Å². The molecule has 1 aromatic rings. The van der Waals surface area contributed by atoms with Gasteiger partial charge in [-0.3, -0.25) is 4.79 Å². The molecule has 1 spiro atoms. The SMILES string of the molecule is O=C(CCC1CCCC12OCCO2)NCc1ccccc1. The summed E-state index contributed by atoms with van der Waals surface area (Å²) >= 11 is 0. The van der Waals surface area contributed by atoms with Crippen molar-refractivity contribution in [3.8, 4) is 0 Å². The molecule has 0 bridgehead atoms. The van der Waals surface area contributed by atoms with Gasteiger partial charge in [0.2, 0.25) is 5.91 Å². The summed E-state index contributed by atoms with van der Waals surface area (Å²) in [6, 6.07) is 9.99. The van der Waals surface area contributed by atoms with Gasteiger partial charge in [-0.25, -0.2) is 0 Å². The third-order valence-corrected chi connectivity index (χ3v) is 4.53. The highest BCUT2D eigenvalue weighted by Crippen LogP contribution is 2.44. The van der Waals surface area contributed by atoms with Crippen LogP contribution in [0, 0.1) is 5.92 Å².